The molecular formula is C25H39N3O8. The van der Waals surface area contributed by atoms with E-state index in [9.17, 15) is 35.1 Å². The van der Waals surface area contributed by atoms with E-state index in [0.717, 1.165) is 25.7 Å². The molecule has 0 aliphatic carbocycles. The van der Waals surface area contributed by atoms with Gasteiger partial charge in [-0.15, -0.1) is 0 Å². The number of carbonyl (C=O) groups excluding carboxylic acids is 1. The molecule has 0 fully saturated rings. The number of carbonyl (C=O) groups is 1. The molecule has 11 nitrogen and oxygen atoms in total. The van der Waals surface area contributed by atoms with E-state index in [-0.39, 0.29) is 6.61 Å². The summed E-state index contributed by atoms with van der Waals surface area (Å²) >= 11 is 0. The van der Waals surface area contributed by atoms with E-state index in [1.54, 1.807) is 0 Å². The van der Waals surface area contributed by atoms with Crippen LogP contribution in [-0.4, -0.2) is 27.3 Å². The summed E-state index contributed by atoms with van der Waals surface area (Å²) in [4.78, 5) is 42.7. The molecule has 0 heterocycles. The van der Waals surface area contributed by atoms with Crippen molar-refractivity contribution in [2.24, 2.45) is 0 Å². The zero-order chi connectivity index (χ0) is 26.8. The van der Waals surface area contributed by atoms with Crippen molar-refractivity contribution in [3.05, 3.63) is 48.0 Å². The van der Waals surface area contributed by atoms with Gasteiger partial charge in [0.2, 0.25) is 5.56 Å². The first-order chi connectivity index (χ1) is 17.3. The summed E-state index contributed by atoms with van der Waals surface area (Å²) in [6.45, 7) is 2.19. The van der Waals surface area contributed by atoms with E-state index in [0.29, 0.717) is 18.6 Å². The Kier molecular flexibility index (Phi) is 15.6. The number of nitrogens with zero attached hydrogens (tertiary/aromatic N) is 3. The number of unbranched alkanes of at least 4 members (excludes halogenated alkanes) is 15. The Morgan fingerprint density at radius 1 is 0.639 bits per heavy atom. The topological polar surface area (TPSA) is 156 Å². The number of esters is 1. The van der Waals surface area contributed by atoms with Crippen LogP contribution >= 0.6 is 0 Å². The molecule has 0 aromatic heterocycles. The molecule has 0 bridgehead atoms. The normalized spacial score (nSPS) is 10.8. The lowest BCUT2D eigenvalue weighted by Gasteiger charge is -2.07. The van der Waals surface area contributed by atoms with Gasteiger partial charge in [-0.25, -0.2) is 4.79 Å². The van der Waals surface area contributed by atoms with E-state index in [4.69, 9.17) is 4.74 Å². The zero-order valence-corrected chi connectivity index (χ0v) is 21.3. The van der Waals surface area contributed by atoms with Crippen molar-refractivity contribution < 1.29 is 24.3 Å². The molecule has 0 saturated heterocycles. The summed E-state index contributed by atoms with van der Waals surface area (Å²) in [6, 6.07) is 1.05. The average molecular weight is 510 g/mol. The van der Waals surface area contributed by atoms with E-state index in [1.165, 1.54) is 70.6 Å². The molecule has 0 unspecified atom stereocenters. The third-order valence-corrected chi connectivity index (χ3v) is 6.12. The minimum absolute atomic E-state index is 0.0391. The molecule has 0 aliphatic rings. The minimum atomic E-state index is -1.23. The number of nitro groups is 3. The Labute approximate surface area is 212 Å². The number of hydrogen-bond acceptors (Lipinski definition) is 8. The predicted molar refractivity (Wildman–Crippen MR) is 136 cm³/mol. The summed E-state index contributed by atoms with van der Waals surface area (Å²) in [5, 5.41) is 33.4. The van der Waals surface area contributed by atoms with Gasteiger partial charge in [0.1, 0.15) is 0 Å². The summed E-state index contributed by atoms with van der Waals surface area (Å²) < 4.78 is 5.01. The van der Waals surface area contributed by atoms with Crippen LogP contribution < -0.4 is 0 Å². The van der Waals surface area contributed by atoms with Crippen molar-refractivity contribution >= 4 is 23.0 Å². The molecule has 0 atom stereocenters. The van der Waals surface area contributed by atoms with Gasteiger partial charge >= 0.3 is 5.97 Å². The molecule has 202 valence electrons. The SMILES string of the molecule is CCCCCCCCCCCCCCCCCCOC(=O)c1c([N+](=O)[O-])cc([N+](=O)[O-])cc1[N+](=O)[O-]. The second kappa shape index (κ2) is 18.2. The van der Waals surface area contributed by atoms with Gasteiger partial charge in [0.25, 0.3) is 17.1 Å². The van der Waals surface area contributed by atoms with Crippen molar-refractivity contribution in [2.75, 3.05) is 6.61 Å². The Hall–Kier alpha value is -3.11. The maximum Gasteiger partial charge on any atom is 0.352 e. The molecule has 36 heavy (non-hydrogen) atoms. The van der Waals surface area contributed by atoms with Crippen LogP contribution in [0.5, 0.6) is 0 Å². The second-order valence-corrected chi connectivity index (χ2v) is 9.07. The van der Waals surface area contributed by atoms with Crippen molar-refractivity contribution in [2.45, 2.75) is 110 Å². The van der Waals surface area contributed by atoms with E-state index < -0.39 is 43.4 Å². The van der Waals surface area contributed by atoms with E-state index >= 15 is 0 Å². The molecule has 0 N–H and O–H groups in total. The molecule has 1 rings (SSSR count). The van der Waals surface area contributed by atoms with Crippen molar-refractivity contribution in [3.8, 4) is 0 Å². The van der Waals surface area contributed by atoms with E-state index in [2.05, 4.69) is 6.92 Å². The van der Waals surface area contributed by atoms with Gasteiger partial charge in [0.05, 0.1) is 33.5 Å². The first kappa shape index (κ1) is 30.9. The molecule has 0 spiro atoms. The quantitative estimate of drug-likeness (QED) is 0.0702. The maximum absolute atomic E-state index is 12.3. The third kappa shape index (κ3) is 12.0. The number of benzene rings is 1. The van der Waals surface area contributed by atoms with Crippen LogP contribution in [0.25, 0.3) is 0 Å². The summed E-state index contributed by atoms with van der Waals surface area (Å²) in [5.74, 6) is -1.23. The summed E-state index contributed by atoms with van der Waals surface area (Å²) in [7, 11) is 0. The van der Waals surface area contributed by atoms with Crippen molar-refractivity contribution in [3.63, 3.8) is 0 Å². The minimum Gasteiger partial charge on any atom is -0.462 e. The predicted octanol–water partition coefficient (Wildman–Crippen LogP) is 7.83. The molecule has 0 amide bonds. The Bertz CT molecular complexity index is 825. The van der Waals surface area contributed by atoms with Gasteiger partial charge in [-0.2, -0.15) is 0 Å². The molecule has 0 saturated carbocycles. The molecule has 1 aromatic carbocycles. The van der Waals surface area contributed by atoms with Gasteiger partial charge in [0, 0.05) is 0 Å². The second-order valence-electron chi connectivity index (χ2n) is 9.07. The first-order valence-corrected chi connectivity index (χ1v) is 13.1. The summed E-state index contributed by atoms with van der Waals surface area (Å²) in [6.07, 6.45) is 19.0. The highest BCUT2D eigenvalue weighted by atomic mass is 16.6. The van der Waals surface area contributed by atoms with Crippen LogP contribution in [0.3, 0.4) is 0 Å². The van der Waals surface area contributed by atoms with Gasteiger partial charge in [-0.1, -0.05) is 103 Å². The Morgan fingerprint density at radius 3 is 1.33 bits per heavy atom. The number of ether oxygens (including phenoxy) is 1. The van der Waals surface area contributed by atoms with Crippen LogP contribution in [0, 0.1) is 30.3 Å². The highest BCUT2D eigenvalue weighted by Gasteiger charge is 2.35. The number of hydrogen-bond donors (Lipinski definition) is 0. The fourth-order valence-electron chi connectivity index (χ4n) is 4.09. The monoisotopic (exact) mass is 509 g/mol. The average Bonchev–Trinajstić information content (AvgIpc) is 2.84. The standard InChI is InChI=1S/C25H39N3O8/c1-2-3-4-5-6-7-8-9-10-11-12-13-14-15-16-17-18-36-25(29)24-22(27(32)33)19-21(26(30)31)20-23(24)28(34)35/h19-20H,2-18H2,1H3. The first-order valence-electron chi connectivity index (χ1n) is 13.1. The molecular weight excluding hydrogens is 470 g/mol. The zero-order valence-electron chi connectivity index (χ0n) is 21.3. The fraction of sp³-hybridized carbons (Fsp3) is 0.720. The van der Waals surface area contributed by atoms with Gasteiger partial charge < -0.3 is 4.74 Å². The highest BCUT2D eigenvalue weighted by molar-refractivity contribution is 5.99. The lowest BCUT2D eigenvalue weighted by atomic mass is 10.0. The largest absolute Gasteiger partial charge is 0.462 e. The van der Waals surface area contributed by atoms with Crippen LogP contribution in [0.2, 0.25) is 0 Å². The number of rotatable bonds is 21. The lowest BCUT2D eigenvalue weighted by Crippen LogP contribution is -2.12. The summed E-state index contributed by atoms with van der Waals surface area (Å²) in [5.41, 5.74) is -3.77. The molecule has 0 radical (unpaired) electrons. The number of non-ortho nitro benzene ring substituents is 1. The van der Waals surface area contributed by atoms with Gasteiger partial charge in [-0.3, -0.25) is 30.3 Å². The van der Waals surface area contributed by atoms with Crippen molar-refractivity contribution in [1.29, 1.82) is 0 Å². The Balaban J connectivity index is 2.24. The molecule has 11 heteroatoms. The van der Waals surface area contributed by atoms with Gasteiger partial charge in [-0.05, 0) is 6.42 Å². The van der Waals surface area contributed by atoms with Crippen LogP contribution in [0.1, 0.15) is 120 Å². The lowest BCUT2D eigenvalue weighted by molar-refractivity contribution is -0.403. The van der Waals surface area contributed by atoms with E-state index in [1.807, 2.05) is 0 Å². The van der Waals surface area contributed by atoms with Gasteiger partial charge in [0.15, 0.2) is 0 Å². The van der Waals surface area contributed by atoms with Crippen LogP contribution in [0.4, 0.5) is 17.1 Å². The molecule has 0 aliphatic heterocycles. The Morgan fingerprint density at radius 2 is 1.00 bits per heavy atom. The smallest absolute Gasteiger partial charge is 0.352 e. The molecule has 1 aromatic rings. The third-order valence-electron chi connectivity index (χ3n) is 6.12. The van der Waals surface area contributed by atoms with Crippen molar-refractivity contribution in [1.82, 2.24) is 0 Å². The van der Waals surface area contributed by atoms with Crippen LogP contribution in [-0.2, 0) is 4.74 Å². The number of nitro benzene ring substituents is 3. The fourth-order valence-corrected chi connectivity index (χ4v) is 4.09. The van der Waals surface area contributed by atoms with Crippen LogP contribution in [0.15, 0.2) is 12.1 Å². The maximum atomic E-state index is 12.3. The highest BCUT2D eigenvalue weighted by Crippen LogP contribution is 2.34.